The summed E-state index contributed by atoms with van der Waals surface area (Å²) in [4.78, 5) is 0. The number of methoxy groups -OCH3 is 1. The van der Waals surface area contributed by atoms with E-state index in [1.807, 2.05) is 31.2 Å². The van der Waals surface area contributed by atoms with E-state index < -0.39 is 6.10 Å². The highest BCUT2D eigenvalue weighted by molar-refractivity contribution is 5.28. The minimum absolute atomic E-state index is 0.161. The van der Waals surface area contributed by atoms with Gasteiger partial charge in [-0.1, -0.05) is 12.1 Å². The van der Waals surface area contributed by atoms with Gasteiger partial charge in [0.1, 0.15) is 5.75 Å². The van der Waals surface area contributed by atoms with E-state index in [1.54, 1.807) is 7.11 Å². The molecule has 0 bridgehead atoms. The second-order valence-electron chi connectivity index (χ2n) is 4.83. The van der Waals surface area contributed by atoms with Gasteiger partial charge in [0.05, 0.1) is 33.0 Å². The highest BCUT2D eigenvalue weighted by Gasteiger charge is 2.09. The summed E-state index contributed by atoms with van der Waals surface area (Å²) in [6.07, 6.45) is -0.521. The average molecular weight is 297 g/mol. The van der Waals surface area contributed by atoms with Gasteiger partial charge in [-0.2, -0.15) is 0 Å². The number of hydrogen-bond donors (Lipinski definition) is 2. The Labute approximate surface area is 127 Å². The van der Waals surface area contributed by atoms with E-state index in [9.17, 15) is 5.11 Å². The minimum atomic E-state index is -0.521. The molecule has 0 saturated carbocycles. The van der Waals surface area contributed by atoms with Gasteiger partial charge in [0.2, 0.25) is 0 Å². The highest BCUT2D eigenvalue weighted by Crippen LogP contribution is 2.17. The molecule has 0 amide bonds. The lowest BCUT2D eigenvalue weighted by molar-refractivity contribution is 0.00586. The number of benzene rings is 1. The zero-order valence-corrected chi connectivity index (χ0v) is 13.2. The van der Waals surface area contributed by atoms with E-state index in [1.165, 1.54) is 0 Å². The smallest absolute Gasteiger partial charge is 0.118 e. The summed E-state index contributed by atoms with van der Waals surface area (Å²) in [5.74, 6) is 0.841. The molecule has 0 aliphatic rings. The van der Waals surface area contributed by atoms with Crippen LogP contribution in [0.2, 0.25) is 0 Å². The number of rotatable bonds is 11. The lowest BCUT2D eigenvalue weighted by Gasteiger charge is -2.18. The SMILES string of the molecule is CCOCCOCC(O)CNC(C)c1ccc(OC)cc1. The van der Waals surface area contributed by atoms with Crippen molar-refractivity contribution in [2.24, 2.45) is 0 Å². The Kier molecular flexibility index (Phi) is 9.01. The Morgan fingerprint density at radius 2 is 1.81 bits per heavy atom. The van der Waals surface area contributed by atoms with Gasteiger partial charge in [0.15, 0.2) is 0 Å². The van der Waals surface area contributed by atoms with Crippen LogP contribution in [-0.2, 0) is 9.47 Å². The van der Waals surface area contributed by atoms with E-state index in [0.717, 1.165) is 11.3 Å². The van der Waals surface area contributed by atoms with Crippen LogP contribution in [0.4, 0.5) is 0 Å². The molecule has 0 spiro atoms. The van der Waals surface area contributed by atoms with Crippen molar-refractivity contribution in [2.45, 2.75) is 26.0 Å². The topological polar surface area (TPSA) is 60.0 Å². The molecular weight excluding hydrogens is 270 g/mol. The van der Waals surface area contributed by atoms with Crippen LogP contribution >= 0.6 is 0 Å². The van der Waals surface area contributed by atoms with Gasteiger partial charge in [-0.05, 0) is 31.5 Å². The van der Waals surface area contributed by atoms with Crippen molar-refractivity contribution in [1.82, 2.24) is 5.32 Å². The fourth-order valence-corrected chi connectivity index (χ4v) is 1.86. The monoisotopic (exact) mass is 297 g/mol. The van der Waals surface area contributed by atoms with Crippen molar-refractivity contribution in [2.75, 3.05) is 40.1 Å². The Morgan fingerprint density at radius 1 is 1.14 bits per heavy atom. The van der Waals surface area contributed by atoms with E-state index in [2.05, 4.69) is 12.2 Å². The zero-order valence-electron chi connectivity index (χ0n) is 13.2. The first-order valence-electron chi connectivity index (χ1n) is 7.38. The summed E-state index contributed by atoms with van der Waals surface area (Å²) in [5.41, 5.74) is 1.15. The molecule has 0 aliphatic heterocycles. The van der Waals surface area contributed by atoms with Crippen molar-refractivity contribution >= 4 is 0 Å². The molecule has 0 aromatic heterocycles. The highest BCUT2D eigenvalue weighted by atomic mass is 16.5. The number of hydrogen-bond acceptors (Lipinski definition) is 5. The molecule has 1 rings (SSSR count). The molecule has 5 nitrogen and oxygen atoms in total. The summed E-state index contributed by atoms with van der Waals surface area (Å²) in [6.45, 7) is 6.58. The third kappa shape index (κ3) is 7.43. The van der Waals surface area contributed by atoms with E-state index in [4.69, 9.17) is 14.2 Å². The van der Waals surface area contributed by atoms with Gasteiger partial charge >= 0.3 is 0 Å². The Bertz CT molecular complexity index is 369. The van der Waals surface area contributed by atoms with Gasteiger partial charge in [-0.25, -0.2) is 0 Å². The van der Waals surface area contributed by atoms with Gasteiger partial charge in [0, 0.05) is 19.2 Å². The molecule has 0 radical (unpaired) electrons. The summed E-state index contributed by atoms with van der Waals surface area (Å²) in [6, 6.07) is 8.05. The number of aliphatic hydroxyl groups excluding tert-OH is 1. The fourth-order valence-electron chi connectivity index (χ4n) is 1.86. The zero-order chi connectivity index (χ0) is 15.5. The lowest BCUT2D eigenvalue weighted by atomic mass is 10.1. The van der Waals surface area contributed by atoms with Crippen molar-refractivity contribution in [3.63, 3.8) is 0 Å². The maximum atomic E-state index is 9.84. The molecule has 1 aromatic carbocycles. The first kappa shape index (κ1) is 17.9. The molecule has 2 unspecified atom stereocenters. The van der Waals surface area contributed by atoms with Crippen LogP contribution in [0.25, 0.3) is 0 Å². The summed E-state index contributed by atoms with van der Waals surface area (Å²) >= 11 is 0. The van der Waals surface area contributed by atoms with Crippen LogP contribution in [0.15, 0.2) is 24.3 Å². The van der Waals surface area contributed by atoms with Crippen LogP contribution in [0.3, 0.4) is 0 Å². The second kappa shape index (κ2) is 10.6. The van der Waals surface area contributed by atoms with Crippen molar-refractivity contribution in [3.05, 3.63) is 29.8 Å². The summed E-state index contributed by atoms with van der Waals surface area (Å²) in [5, 5.41) is 13.1. The number of aliphatic hydroxyl groups is 1. The maximum Gasteiger partial charge on any atom is 0.118 e. The summed E-state index contributed by atoms with van der Waals surface area (Å²) < 4.78 is 15.6. The summed E-state index contributed by atoms with van der Waals surface area (Å²) in [7, 11) is 1.65. The fraction of sp³-hybridized carbons (Fsp3) is 0.625. The molecule has 0 fully saturated rings. The normalized spacial score (nSPS) is 13.9. The molecule has 2 N–H and O–H groups in total. The molecule has 2 atom stereocenters. The quantitative estimate of drug-likeness (QED) is 0.610. The van der Waals surface area contributed by atoms with Crippen LogP contribution in [-0.4, -0.2) is 51.3 Å². The predicted octanol–water partition coefficient (Wildman–Crippen LogP) is 1.76. The standard InChI is InChI=1S/C16H27NO4/c1-4-20-9-10-21-12-15(18)11-17-13(2)14-5-7-16(19-3)8-6-14/h5-8,13,15,17-18H,4,9-12H2,1-3H3. The molecule has 0 saturated heterocycles. The van der Waals surface area contributed by atoms with Crippen LogP contribution in [0.1, 0.15) is 25.5 Å². The molecule has 120 valence electrons. The Hall–Kier alpha value is -1.14. The maximum absolute atomic E-state index is 9.84. The van der Waals surface area contributed by atoms with Gasteiger partial charge in [-0.15, -0.1) is 0 Å². The van der Waals surface area contributed by atoms with Crippen molar-refractivity contribution in [3.8, 4) is 5.75 Å². The van der Waals surface area contributed by atoms with E-state index in [-0.39, 0.29) is 6.04 Å². The first-order chi connectivity index (χ1) is 10.2. The van der Waals surface area contributed by atoms with Crippen LogP contribution in [0, 0.1) is 0 Å². The molecule has 21 heavy (non-hydrogen) atoms. The minimum Gasteiger partial charge on any atom is -0.497 e. The molecular formula is C16H27NO4. The predicted molar refractivity (Wildman–Crippen MR) is 82.7 cm³/mol. The van der Waals surface area contributed by atoms with E-state index >= 15 is 0 Å². The second-order valence-corrected chi connectivity index (χ2v) is 4.83. The van der Waals surface area contributed by atoms with Crippen LogP contribution in [0.5, 0.6) is 5.75 Å². The van der Waals surface area contributed by atoms with Gasteiger partial charge in [-0.3, -0.25) is 0 Å². The Morgan fingerprint density at radius 3 is 2.43 bits per heavy atom. The Balaban J connectivity index is 2.20. The van der Waals surface area contributed by atoms with Gasteiger partial charge in [0.25, 0.3) is 0 Å². The third-order valence-electron chi connectivity index (χ3n) is 3.16. The first-order valence-corrected chi connectivity index (χ1v) is 7.38. The molecule has 5 heteroatoms. The largest absolute Gasteiger partial charge is 0.497 e. The van der Waals surface area contributed by atoms with Crippen molar-refractivity contribution in [1.29, 1.82) is 0 Å². The average Bonchev–Trinajstić information content (AvgIpc) is 2.52. The van der Waals surface area contributed by atoms with Gasteiger partial charge < -0.3 is 24.6 Å². The molecule has 1 aromatic rings. The molecule has 0 heterocycles. The number of nitrogens with one attached hydrogen (secondary N) is 1. The lowest BCUT2D eigenvalue weighted by Crippen LogP contribution is -2.32. The molecule has 0 aliphatic carbocycles. The van der Waals surface area contributed by atoms with Crippen molar-refractivity contribution < 1.29 is 19.3 Å². The van der Waals surface area contributed by atoms with Crippen LogP contribution < -0.4 is 10.1 Å². The number of ether oxygens (including phenoxy) is 3. The van der Waals surface area contributed by atoms with E-state index in [0.29, 0.717) is 33.0 Å². The third-order valence-corrected chi connectivity index (χ3v) is 3.16.